The molecule has 19 heavy (non-hydrogen) atoms. The molecule has 2 rings (SSSR count). The molecule has 1 amide bonds. The molecule has 0 radical (unpaired) electrons. The maximum atomic E-state index is 12.1. The van der Waals surface area contributed by atoms with Crippen LogP contribution in [0.25, 0.3) is 0 Å². The maximum absolute atomic E-state index is 12.1. The Labute approximate surface area is 120 Å². The molecule has 5 heteroatoms. The lowest BCUT2D eigenvalue weighted by Gasteiger charge is -2.06. The number of benzene rings is 1. The van der Waals surface area contributed by atoms with Crippen molar-refractivity contribution >= 4 is 27.5 Å². The number of nitrogens with zero attached hydrogens (tertiary/aromatic N) is 1. The minimum Gasteiger partial charge on any atom is -0.330 e. The third kappa shape index (κ3) is 3.87. The highest BCUT2D eigenvalue weighted by Crippen LogP contribution is 2.15. The van der Waals surface area contributed by atoms with Crippen LogP contribution in [0.4, 0.5) is 5.69 Å². The molecule has 2 aromatic rings. The number of carbonyl (C=O) groups is 1. The molecule has 0 fully saturated rings. The van der Waals surface area contributed by atoms with E-state index in [1.54, 1.807) is 18.3 Å². The van der Waals surface area contributed by atoms with E-state index >= 15 is 0 Å². The smallest absolute Gasteiger partial charge is 0.255 e. The third-order valence-corrected chi connectivity index (χ3v) is 3.11. The summed E-state index contributed by atoms with van der Waals surface area (Å²) in [6.07, 6.45) is 2.29. The summed E-state index contributed by atoms with van der Waals surface area (Å²) in [6, 6.07) is 10.9. The number of halogens is 1. The Morgan fingerprint density at radius 1 is 1.26 bits per heavy atom. The van der Waals surface area contributed by atoms with Crippen molar-refractivity contribution in [3.05, 3.63) is 58.3 Å². The predicted molar refractivity (Wildman–Crippen MR) is 79.1 cm³/mol. The van der Waals surface area contributed by atoms with Crippen molar-refractivity contribution in [2.75, 3.05) is 11.9 Å². The van der Waals surface area contributed by atoms with Crippen molar-refractivity contribution in [2.24, 2.45) is 5.73 Å². The first-order valence-electron chi connectivity index (χ1n) is 5.91. The van der Waals surface area contributed by atoms with Gasteiger partial charge in [0, 0.05) is 34.0 Å². The largest absolute Gasteiger partial charge is 0.330 e. The number of rotatable bonds is 4. The molecule has 3 N–H and O–H groups in total. The van der Waals surface area contributed by atoms with Crippen molar-refractivity contribution in [2.45, 2.75) is 6.42 Å². The highest BCUT2D eigenvalue weighted by molar-refractivity contribution is 9.10. The number of carbonyl (C=O) groups excluding carboxylic acids is 1. The van der Waals surface area contributed by atoms with Crippen LogP contribution in [0.3, 0.4) is 0 Å². The Bertz CT molecular complexity index is 569. The lowest BCUT2D eigenvalue weighted by Crippen LogP contribution is -2.13. The van der Waals surface area contributed by atoms with Crippen LogP contribution in [0.2, 0.25) is 0 Å². The lowest BCUT2D eigenvalue weighted by atomic mass is 10.2. The molecule has 0 aliphatic heterocycles. The van der Waals surface area contributed by atoms with Crippen LogP contribution in [-0.2, 0) is 6.42 Å². The van der Waals surface area contributed by atoms with Gasteiger partial charge in [-0.2, -0.15) is 0 Å². The molecule has 4 nitrogen and oxygen atoms in total. The van der Waals surface area contributed by atoms with Crippen molar-refractivity contribution < 1.29 is 4.79 Å². The highest BCUT2D eigenvalue weighted by Gasteiger charge is 2.07. The van der Waals surface area contributed by atoms with E-state index in [0.29, 0.717) is 18.5 Å². The number of hydrogen-bond acceptors (Lipinski definition) is 3. The van der Waals surface area contributed by atoms with Gasteiger partial charge in [-0.05, 0) is 42.9 Å². The molecule has 98 valence electrons. The summed E-state index contributed by atoms with van der Waals surface area (Å²) in [5.41, 5.74) is 7.64. The summed E-state index contributed by atoms with van der Waals surface area (Å²) in [5.74, 6) is -0.150. The van der Waals surface area contributed by atoms with Crippen LogP contribution in [0.1, 0.15) is 16.1 Å². The van der Waals surface area contributed by atoms with Gasteiger partial charge in [0.1, 0.15) is 0 Å². The molecule has 1 aromatic heterocycles. The Hall–Kier alpha value is -1.72. The second kappa shape index (κ2) is 6.45. The van der Waals surface area contributed by atoms with Gasteiger partial charge in [0.15, 0.2) is 0 Å². The molecule has 0 saturated carbocycles. The molecule has 0 aliphatic rings. The van der Waals surface area contributed by atoms with Crippen LogP contribution in [-0.4, -0.2) is 17.4 Å². The molecule has 0 aliphatic carbocycles. The number of hydrogen-bond donors (Lipinski definition) is 2. The normalized spacial score (nSPS) is 10.2. The van der Waals surface area contributed by atoms with E-state index in [0.717, 1.165) is 15.9 Å². The third-order valence-electron chi connectivity index (χ3n) is 2.58. The molecule has 1 heterocycles. The van der Waals surface area contributed by atoms with Gasteiger partial charge in [0.25, 0.3) is 5.91 Å². The van der Waals surface area contributed by atoms with Crippen molar-refractivity contribution in [1.29, 1.82) is 0 Å². The van der Waals surface area contributed by atoms with Gasteiger partial charge in [0.05, 0.1) is 0 Å². The Morgan fingerprint density at radius 3 is 2.68 bits per heavy atom. The quantitative estimate of drug-likeness (QED) is 0.910. The maximum Gasteiger partial charge on any atom is 0.255 e. The lowest BCUT2D eigenvalue weighted by molar-refractivity contribution is 0.102. The second-order valence-corrected chi connectivity index (χ2v) is 4.95. The van der Waals surface area contributed by atoms with E-state index in [1.165, 1.54) is 0 Å². The van der Waals surface area contributed by atoms with Gasteiger partial charge >= 0.3 is 0 Å². The molecule has 0 bridgehead atoms. The Kier molecular flexibility index (Phi) is 4.65. The SMILES string of the molecule is NCCc1cc(C(=O)Nc2ccc(Br)cc2)ccn1. The fourth-order valence-corrected chi connectivity index (χ4v) is 1.90. The number of nitrogens with two attached hydrogens (primary N) is 1. The van der Waals surface area contributed by atoms with Crippen molar-refractivity contribution in [3.8, 4) is 0 Å². The summed E-state index contributed by atoms with van der Waals surface area (Å²) in [6.45, 7) is 0.519. The predicted octanol–water partition coefficient (Wildman–Crippen LogP) is 2.60. The van der Waals surface area contributed by atoms with E-state index in [1.807, 2.05) is 24.3 Å². The molecule has 0 atom stereocenters. The molecular weight excluding hydrogens is 306 g/mol. The Morgan fingerprint density at radius 2 is 2.00 bits per heavy atom. The van der Waals surface area contributed by atoms with Crippen LogP contribution >= 0.6 is 15.9 Å². The van der Waals surface area contributed by atoms with Crippen LogP contribution in [0.5, 0.6) is 0 Å². The molecule has 0 unspecified atom stereocenters. The zero-order valence-electron chi connectivity index (χ0n) is 10.3. The fourth-order valence-electron chi connectivity index (χ4n) is 1.64. The van der Waals surface area contributed by atoms with Crippen molar-refractivity contribution in [3.63, 3.8) is 0 Å². The summed E-state index contributed by atoms with van der Waals surface area (Å²) in [7, 11) is 0. The first kappa shape index (κ1) is 13.7. The molecule has 0 saturated heterocycles. The van der Waals surface area contributed by atoms with Gasteiger partial charge in [-0.25, -0.2) is 0 Å². The first-order chi connectivity index (χ1) is 9.19. The van der Waals surface area contributed by atoms with Gasteiger partial charge < -0.3 is 11.1 Å². The number of amides is 1. The number of aromatic nitrogens is 1. The van der Waals surface area contributed by atoms with Crippen LogP contribution in [0, 0.1) is 0 Å². The van der Waals surface area contributed by atoms with E-state index in [2.05, 4.69) is 26.2 Å². The summed E-state index contributed by atoms with van der Waals surface area (Å²) in [4.78, 5) is 16.2. The monoisotopic (exact) mass is 319 g/mol. The summed E-state index contributed by atoms with van der Waals surface area (Å²) < 4.78 is 0.972. The van der Waals surface area contributed by atoms with E-state index in [-0.39, 0.29) is 5.91 Å². The van der Waals surface area contributed by atoms with Gasteiger partial charge in [-0.1, -0.05) is 15.9 Å². The van der Waals surface area contributed by atoms with Gasteiger partial charge in [0.2, 0.25) is 0 Å². The van der Waals surface area contributed by atoms with Gasteiger partial charge in [-0.15, -0.1) is 0 Å². The van der Waals surface area contributed by atoms with Crippen molar-refractivity contribution in [1.82, 2.24) is 4.98 Å². The fraction of sp³-hybridized carbons (Fsp3) is 0.143. The highest BCUT2D eigenvalue weighted by atomic mass is 79.9. The Balaban J connectivity index is 2.11. The average Bonchev–Trinajstić information content (AvgIpc) is 2.42. The van der Waals surface area contributed by atoms with Crippen LogP contribution < -0.4 is 11.1 Å². The van der Waals surface area contributed by atoms with Gasteiger partial charge in [-0.3, -0.25) is 9.78 Å². The topological polar surface area (TPSA) is 68.0 Å². The van der Waals surface area contributed by atoms with E-state index in [9.17, 15) is 4.79 Å². The molecule has 1 aromatic carbocycles. The minimum atomic E-state index is -0.150. The summed E-state index contributed by atoms with van der Waals surface area (Å²) in [5, 5.41) is 2.84. The molecular formula is C14H14BrN3O. The van der Waals surface area contributed by atoms with Crippen LogP contribution in [0.15, 0.2) is 47.1 Å². The standard InChI is InChI=1S/C14H14BrN3O/c15-11-1-3-12(4-2-11)18-14(19)10-6-8-17-13(9-10)5-7-16/h1-4,6,8-9H,5,7,16H2,(H,18,19). The zero-order valence-corrected chi connectivity index (χ0v) is 11.9. The second-order valence-electron chi connectivity index (χ2n) is 4.04. The number of pyridine rings is 1. The average molecular weight is 320 g/mol. The number of anilines is 1. The molecule has 0 spiro atoms. The first-order valence-corrected chi connectivity index (χ1v) is 6.70. The summed E-state index contributed by atoms with van der Waals surface area (Å²) >= 11 is 3.35. The van der Waals surface area contributed by atoms with E-state index in [4.69, 9.17) is 5.73 Å². The van der Waals surface area contributed by atoms with E-state index < -0.39 is 0 Å². The number of nitrogens with one attached hydrogen (secondary N) is 1. The minimum absolute atomic E-state index is 0.150. The zero-order chi connectivity index (χ0) is 13.7.